The monoisotopic (exact) mass is 148 g/mol. The zero-order valence-electron chi connectivity index (χ0n) is 6.67. The van der Waals surface area contributed by atoms with Crippen molar-refractivity contribution in [3.05, 3.63) is 0 Å². The van der Waals surface area contributed by atoms with Gasteiger partial charge in [0, 0.05) is 26.7 Å². The Labute approximate surface area is 62.0 Å². The second-order valence-electron chi connectivity index (χ2n) is 2.05. The van der Waals surface area contributed by atoms with Gasteiger partial charge in [0.25, 0.3) is 0 Å². The summed E-state index contributed by atoms with van der Waals surface area (Å²) in [5.74, 6) is 0. The fraction of sp³-hybridized carbons (Fsp3) is 1.00. The maximum absolute atomic E-state index is 8.51. The predicted octanol–water partition coefficient (Wildman–Crippen LogP) is 0.768. The van der Waals surface area contributed by atoms with E-state index in [-0.39, 0.29) is 12.9 Å². The minimum absolute atomic E-state index is 0.113. The number of rotatable bonds is 6. The Morgan fingerprint density at radius 1 is 1.50 bits per heavy atom. The predicted molar refractivity (Wildman–Crippen MR) is 38.7 cm³/mol. The van der Waals surface area contributed by atoms with Crippen molar-refractivity contribution in [3.63, 3.8) is 0 Å². The average molecular weight is 148 g/mol. The highest BCUT2D eigenvalue weighted by Crippen LogP contribution is 1.98. The third-order valence-corrected chi connectivity index (χ3v) is 1.14. The van der Waals surface area contributed by atoms with Gasteiger partial charge in [-0.25, -0.2) is 0 Å². The third kappa shape index (κ3) is 4.73. The van der Waals surface area contributed by atoms with Crippen LogP contribution in [-0.4, -0.2) is 31.7 Å². The molecule has 0 heterocycles. The van der Waals surface area contributed by atoms with Gasteiger partial charge >= 0.3 is 0 Å². The second-order valence-corrected chi connectivity index (χ2v) is 2.05. The molecule has 3 nitrogen and oxygen atoms in total. The smallest absolute Gasteiger partial charge is 0.159 e. The number of aliphatic hydroxyl groups is 1. The van der Waals surface area contributed by atoms with Crippen molar-refractivity contribution >= 4 is 0 Å². The van der Waals surface area contributed by atoms with Gasteiger partial charge in [0.15, 0.2) is 6.29 Å². The number of ether oxygens (including phenoxy) is 2. The number of hydrogen-bond donors (Lipinski definition) is 1. The van der Waals surface area contributed by atoms with E-state index in [2.05, 4.69) is 0 Å². The molecule has 0 rings (SSSR count). The molecule has 0 amide bonds. The molecule has 0 aliphatic rings. The summed E-state index contributed by atoms with van der Waals surface area (Å²) in [6.45, 7) is 2.84. The molecule has 0 aromatic rings. The molecule has 0 aromatic heterocycles. The zero-order chi connectivity index (χ0) is 7.82. The van der Waals surface area contributed by atoms with Crippen molar-refractivity contribution in [2.75, 3.05) is 20.3 Å². The summed E-state index contributed by atoms with van der Waals surface area (Å²) in [7, 11) is 1.58. The van der Waals surface area contributed by atoms with Gasteiger partial charge in [-0.15, -0.1) is 0 Å². The zero-order valence-corrected chi connectivity index (χ0v) is 6.67. The third-order valence-electron chi connectivity index (χ3n) is 1.14. The Morgan fingerprint density at radius 3 is 2.60 bits per heavy atom. The van der Waals surface area contributed by atoms with Crippen LogP contribution in [0.2, 0.25) is 0 Å². The molecule has 0 saturated carbocycles. The molecule has 0 saturated heterocycles. The van der Waals surface area contributed by atoms with E-state index in [1.807, 2.05) is 6.92 Å². The molecule has 1 atom stereocenters. The molecule has 10 heavy (non-hydrogen) atoms. The number of methoxy groups -OCH3 is 1. The first-order valence-electron chi connectivity index (χ1n) is 3.60. The standard InChI is InChI=1S/C7H16O3/c1-3-6-10-7(9-2)4-5-8/h7-8H,3-6H2,1-2H3. The van der Waals surface area contributed by atoms with E-state index in [9.17, 15) is 0 Å². The fourth-order valence-electron chi connectivity index (χ4n) is 0.624. The summed E-state index contributed by atoms with van der Waals surface area (Å²) in [5, 5.41) is 8.51. The van der Waals surface area contributed by atoms with E-state index in [0.29, 0.717) is 13.0 Å². The van der Waals surface area contributed by atoms with E-state index in [1.54, 1.807) is 7.11 Å². The molecule has 62 valence electrons. The summed E-state index contributed by atoms with van der Waals surface area (Å²) in [6.07, 6.45) is 1.30. The summed E-state index contributed by atoms with van der Waals surface area (Å²) < 4.78 is 10.1. The first-order chi connectivity index (χ1) is 4.85. The fourth-order valence-corrected chi connectivity index (χ4v) is 0.624. The van der Waals surface area contributed by atoms with Crippen LogP contribution in [0.3, 0.4) is 0 Å². The maximum atomic E-state index is 8.51. The van der Waals surface area contributed by atoms with Crippen LogP contribution in [0, 0.1) is 0 Å². The van der Waals surface area contributed by atoms with Crippen LogP contribution in [0.5, 0.6) is 0 Å². The lowest BCUT2D eigenvalue weighted by Gasteiger charge is -2.13. The van der Waals surface area contributed by atoms with Crippen LogP contribution in [0.25, 0.3) is 0 Å². The summed E-state index contributed by atoms with van der Waals surface area (Å²) in [5.41, 5.74) is 0. The van der Waals surface area contributed by atoms with Crippen molar-refractivity contribution < 1.29 is 14.6 Å². The molecule has 0 aromatic carbocycles. The lowest BCUT2D eigenvalue weighted by Crippen LogP contribution is -2.17. The van der Waals surface area contributed by atoms with Crippen LogP contribution in [0.15, 0.2) is 0 Å². The Balaban J connectivity index is 3.21. The van der Waals surface area contributed by atoms with Crippen molar-refractivity contribution in [1.82, 2.24) is 0 Å². The number of hydrogen-bond acceptors (Lipinski definition) is 3. The molecule has 0 aliphatic heterocycles. The average Bonchev–Trinajstić information content (AvgIpc) is 1.98. The molecule has 0 aliphatic carbocycles. The van der Waals surface area contributed by atoms with E-state index >= 15 is 0 Å². The van der Waals surface area contributed by atoms with Crippen LogP contribution < -0.4 is 0 Å². The van der Waals surface area contributed by atoms with Gasteiger partial charge in [-0.3, -0.25) is 0 Å². The van der Waals surface area contributed by atoms with E-state index in [1.165, 1.54) is 0 Å². The summed E-state index contributed by atoms with van der Waals surface area (Å²) in [6, 6.07) is 0. The van der Waals surface area contributed by atoms with Crippen molar-refractivity contribution in [2.24, 2.45) is 0 Å². The highest BCUT2D eigenvalue weighted by molar-refractivity contribution is 4.41. The molecule has 1 N–H and O–H groups in total. The SMILES string of the molecule is CCCOC(CCO)OC. The lowest BCUT2D eigenvalue weighted by atomic mass is 10.4. The Kier molecular flexibility index (Phi) is 6.91. The molecule has 0 bridgehead atoms. The normalized spacial score (nSPS) is 13.5. The number of aliphatic hydroxyl groups excluding tert-OH is 1. The minimum atomic E-state index is -0.232. The van der Waals surface area contributed by atoms with Gasteiger partial charge in [-0.2, -0.15) is 0 Å². The summed E-state index contributed by atoms with van der Waals surface area (Å²) in [4.78, 5) is 0. The second kappa shape index (κ2) is 6.99. The van der Waals surface area contributed by atoms with Gasteiger partial charge in [0.1, 0.15) is 0 Å². The quantitative estimate of drug-likeness (QED) is 0.565. The van der Waals surface area contributed by atoms with Crippen LogP contribution in [-0.2, 0) is 9.47 Å². The molecule has 1 unspecified atom stereocenters. The van der Waals surface area contributed by atoms with Crippen molar-refractivity contribution in [3.8, 4) is 0 Å². The van der Waals surface area contributed by atoms with Crippen molar-refractivity contribution in [2.45, 2.75) is 26.1 Å². The van der Waals surface area contributed by atoms with E-state index < -0.39 is 0 Å². The maximum Gasteiger partial charge on any atom is 0.159 e. The first kappa shape index (κ1) is 9.88. The van der Waals surface area contributed by atoms with Gasteiger partial charge in [0.05, 0.1) is 0 Å². The Bertz CT molecular complexity index is 65.9. The highest BCUT2D eigenvalue weighted by atomic mass is 16.7. The highest BCUT2D eigenvalue weighted by Gasteiger charge is 2.03. The first-order valence-corrected chi connectivity index (χ1v) is 3.60. The molecule has 0 radical (unpaired) electrons. The topological polar surface area (TPSA) is 38.7 Å². The largest absolute Gasteiger partial charge is 0.396 e. The minimum Gasteiger partial charge on any atom is -0.396 e. The van der Waals surface area contributed by atoms with E-state index in [4.69, 9.17) is 14.6 Å². The van der Waals surface area contributed by atoms with Gasteiger partial charge < -0.3 is 14.6 Å². The van der Waals surface area contributed by atoms with Crippen LogP contribution in [0.4, 0.5) is 0 Å². The molecule has 3 heteroatoms. The Morgan fingerprint density at radius 2 is 2.20 bits per heavy atom. The molecule has 0 spiro atoms. The molecular weight excluding hydrogens is 132 g/mol. The van der Waals surface area contributed by atoms with Gasteiger partial charge in [0.2, 0.25) is 0 Å². The van der Waals surface area contributed by atoms with Gasteiger partial charge in [-0.1, -0.05) is 6.92 Å². The molecule has 0 fully saturated rings. The van der Waals surface area contributed by atoms with Crippen molar-refractivity contribution in [1.29, 1.82) is 0 Å². The molecular formula is C7H16O3. The lowest BCUT2D eigenvalue weighted by molar-refractivity contribution is -0.131. The Hall–Kier alpha value is -0.120. The van der Waals surface area contributed by atoms with Crippen LogP contribution in [0.1, 0.15) is 19.8 Å². The van der Waals surface area contributed by atoms with E-state index in [0.717, 1.165) is 6.42 Å². The van der Waals surface area contributed by atoms with Gasteiger partial charge in [-0.05, 0) is 6.42 Å². The van der Waals surface area contributed by atoms with Crippen LogP contribution >= 0.6 is 0 Å². The summed E-state index contributed by atoms with van der Waals surface area (Å²) >= 11 is 0.